The lowest BCUT2D eigenvalue weighted by molar-refractivity contribution is -0.134. The van der Waals surface area contributed by atoms with Crippen LogP contribution < -0.4 is 5.32 Å². The third kappa shape index (κ3) is 7.49. The van der Waals surface area contributed by atoms with Crippen molar-refractivity contribution in [3.63, 3.8) is 0 Å². The molecule has 1 fully saturated rings. The number of carboxylic acid groups (broad SMARTS) is 2. The molecule has 0 unspecified atom stereocenters. The number of hydrogen-bond acceptors (Lipinski definition) is 7. The molecule has 5 rings (SSSR count). The first kappa shape index (κ1) is 30.6. The summed E-state index contributed by atoms with van der Waals surface area (Å²) < 4.78 is 19.2. The van der Waals surface area contributed by atoms with Crippen LogP contribution in [0.4, 0.5) is 10.1 Å². The van der Waals surface area contributed by atoms with Crippen molar-refractivity contribution in [3.8, 4) is 0 Å². The Morgan fingerprint density at radius 3 is 2.45 bits per heavy atom. The van der Waals surface area contributed by atoms with Crippen molar-refractivity contribution >= 4 is 41.1 Å². The van der Waals surface area contributed by atoms with Gasteiger partial charge in [0.05, 0.1) is 30.5 Å². The molecule has 2 aromatic rings. The highest BCUT2D eigenvalue weighted by Gasteiger charge is 2.30. The van der Waals surface area contributed by atoms with Crippen LogP contribution in [0.15, 0.2) is 30.4 Å². The van der Waals surface area contributed by atoms with Crippen molar-refractivity contribution in [1.82, 2.24) is 14.8 Å². The Labute approximate surface area is 241 Å². The minimum absolute atomic E-state index is 0.116. The van der Waals surface area contributed by atoms with E-state index in [4.69, 9.17) is 14.9 Å². The van der Waals surface area contributed by atoms with Crippen LogP contribution in [0, 0.1) is 12.7 Å². The molecule has 4 heterocycles. The molecule has 1 aromatic carbocycles. The van der Waals surface area contributed by atoms with Crippen molar-refractivity contribution in [1.29, 1.82) is 0 Å². The van der Waals surface area contributed by atoms with Gasteiger partial charge in [-0.1, -0.05) is 0 Å². The van der Waals surface area contributed by atoms with E-state index in [0.29, 0.717) is 73.0 Å². The maximum Gasteiger partial charge on any atom is 0.328 e. The number of nitrogens with one attached hydrogen (secondary N) is 2. The lowest BCUT2D eigenvalue weighted by Crippen LogP contribution is -2.46. The number of aromatic amines is 1. The molecule has 3 aliphatic heterocycles. The molecule has 0 spiro atoms. The maximum atomic E-state index is 13.8. The Balaban J connectivity index is 0.000000446. The number of carbonyl (C=O) groups excluding carboxylic acids is 2. The number of morpholine rings is 1. The topological polar surface area (TPSA) is 172 Å². The van der Waals surface area contributed by atoms with Gasteiger partial charge in [-0.25, -0.2) is 14.0 Å². The molecule has 3 aliphatic rings. The number of hydrogen-bond donors (Lipinski definition) is 5. The number of carbonyl (C=O) groups is 4. The summed E-state index contributed by atoms with van der Waals surface area (Å²) in [7, 11) is 0. The summed E-state index contributed by atoms with van der Waals surface area (Å²) in [5.74, 6) is -3.35. The molecule has 1 atom stereocenters. The summed E-state index contributed by atoms with van der Waals surface area (Å²) >= 11 is 0. The Morgan fingerprint density at radius 2 is 1.79 bits per heavy atom. The van der Waals surface area contributed by atoms with E-state index in [-0.39, 0.29) is 18.4 Å². The van der Waals surface area contributed by atoms with Gasteiger partial charge in [0.1, 0.15) is 5.82 Å². The maximum absolute atomic E-state index is 13.8. The minimum atomic E-state index is -1.26. The lowest BCUT2D eigenvalue weighted by atomic mass is 10.0. The number of fused-ring (bicyclic) bond motifs is 2. The molecule has 12 nitrogen and oxygen atoms in total. The van der Waals surface area contributed by atoms with Crippen molar-refractivity contribution in [2.75, 3.05) is 51.3 Å². The molecule has 224 valence electrons. The second-order valence-electron chi connectivity index (χ2n) is 10.2. The number of anilines is 1. The largest absolute Gasteiger partial charge is 0.478 e. The molecular weight excluding hydrogens is 551 g/mol. The van der Waals surface area contributed by atoms with Crippen LogP contribution in [-0.4, -0.2) is 106 Å². The summed E-state index contributed by atoms with van der Waals surface area (Å²) in [6.07, 6.45) is 3.63. The highest BCUT2D eigenvalue weighted by atomic mass is 19.1. The first-order chi connectivity index (χ1) is 20.0. The SMILES string of the molecule is Cc1c(/C=C2\C(=O)Nc3ccc(F)cc32)[nH]c2c1C(=O)N(C[C@H](O)CN1CCOCC1)CCC2.O=C(O)/C=C\C(=O)O. The highest BCUT2D eigenvalue weighted by molar-refractivity contribution is 6.34. The number of ether oxygens (including phenoxy) is 1. The summed E-state index contributed by atoms with van der Waals surface area (Å²) in [5.41, 5.74) is 4.28. The Kier molecular flexibility index (Phi) is 9.88. The third-order valence-electron chi connectivity index (χ3n) is 7.15. The number of aliphatic carboxylic acids is 2. The molecule has 42 heavy (non-hydrogen) atoms. The first-order valence-corrected chi connectivity index (χ1v) is 13.5. The predicted molar refractivity (Wildman–Crippen MR) is 150 cm³/mol. The summed E-state index contributed by atoms with van der Waals surface area (Å²) in [5, 5.41) is 29.0. The number of H-pyrrole nitrogens is 1. The van der Waals surface area contributed by atoms with E-state index in [9.17, 15) is 28.7 Å². The van der Waals surface area contributed by atoms with E-state index in [0.717, 1.165) is 30.8 Å². The zero-order valence-electron chi connectivity index (χ0n) is 23.1. The molecule has 13 heteroatoms. The predicted octanol–water partition coefficient (Wildman–Crippen LogP) is 1.75. The summed E-state index contributed by atoms with van der Waals surface area (Å²) in [6.45, 7) is 6.10. The van der Waals surface area contributed by atoms with Crippen LogP contribution in [0.2, 0.25) is 0 Å². The van der Waals surface area contributed by atoms with E-state index >= 15 is 0 Å². The van der Waals surface area contributed by atoms with Crippen molar-refractivity contribution in [3.05, 3.63) is 64.2 Å². The molecular formula is C29H33FN4O8. The average Bonchev–Trinajstić information content (AvgIpc) is 3.36. The molecule has 0 saturated carbocycles. The second kappa shape index (κ2) is 13.6. The Hall–Kier alpha value is -4.33. The average molecular weight is 585 g/mol. The molecule has 2 amide bonds. The summed E-state index contributed by atoms with van der Waals surface area (Å²) in [6, 6.07) is 4.19. The zero-order chi connectivity index (χ0) is 30.4. The first-order valence-electron chi connectivity index (χ1n) is 13.5. The van der Waals surface area contributed by atoms with Gasteiger partial charge < -0.3 is 35.3 Å². The fourth-order valence-corrected chi connectivity index (χ4v) is 5.17. The zero-order valence-corrected chi connectivity index (χ0v) is 23.1. The normalized spacial score (nSPS) is 18.6. The Bertz CT molecular complexity index is 1410. The van der Waals surface area contributed by atoms with E-state index in [1.54, 1.807) is 17.0 Å². The quantitative estimate of drug-likeness (QED) is 0.304. The molecule has 1 saturated heterocycles. The second-order valence-corrected chi connectivity index (χ2v) is 10.2. The smallest absolute Gasteiger partial charge is 0.328 e. The molecule has 0 radical (unpaired) electrons. The number of aryl methyl sites for hydroxylation is 1. The van der Waals surface area contributed by atoms with Crippen LogP contribution in [0.3, 0.4) is 0 Å². The van der Waals surface area contributed by atoms with Crippen LogP contribution >= 0.6 is 0 Å². The standard InChI is InChI=1S/C25H29FN4O4.C4H4O4/c1-15-22(12-19-18-11-16(26)4-5-20(18)28-24(19)32)27-21-3-2-6-30(25(33)23(15)21)14-17(31)13-29-7-9-34-10-8-29;5-3(6)1-2-4(7)8/h4-5,11-12,17,27,31H,2-3,6-10,13-14H2,1H3,(H,28,32);1-2H,(H,5,6)(H,7,8)/b19-12-;2-1-/t17-;/m1./s1. The number of aliphatic hydroxyl groups excluding tert-OH is 1. The van der Waals surface area contributed by atoms with Crippen molar-refractivity contribution in [2.45, 2.75) is 25.9 Å². The molecule has 1 aromatic heterocycles. The van der Waals surface area contributed by atoms with Gasteiger partial charge in [-0.15, -0.1) is 0 Å². The van der Waals surface area contributed by atoms with E-state index in [2.05, 4.69) is 15.2 Å². The number of nitrogens with zero attached hydrogens (tertiary/aromatic N) is 2. The van der Waals surface area contributed by atoms with Crippen molar-refractivity contribution < 1.29 is 43.6 Å². The lowest BCUT2D eigenvalue weighted by Gasteiger charge is -2.31. The van der Waals surface area contributed by atoms with Gasteiger partial charge in [0.15, 0.2) is 0 Å². The van der Waals surface area contributed by atoms with Crippen LogP contribution in [-0.2, 0) is 25.5 Å². The molecule has 0 bridgehead atoms. The third-order valence-corrected chi connectivity index (χ3v) is 7.15. The van der Waals surface area contributed by atoms with Crippen LogP contribution in [0.1, 0.15) is 39.3 Å². The number of rotatable bonds is 7. The van der Waals surface area contributed by atoms with Crippen LogP contribution in [0.5, 0.6) is 0 Å². The number of halogens is 1. The number of aromatic nitrogens is 1. The Morgan fingerprint density at radius 1 is 1.10 bits per heavy atom. The molecule has 0 aliphatic carbocycles. The number of aliphatic hydroxyl groups is 1. The number of carboxylic acids is 2. The van der Waals surface area contributed by atoms with Gasteiger partial charge in [-0.3, -0.25) is 14.5 Å². The van der Waals surface area contributed by atoms with Gasteiger partial charge in [0.25, 0.3) is 11.8 Å². The number of amides is 2. The molecule has 5 N–H and O–H groups in total. The minimum Gasteiger partial charge on any atom is -0.478 e. The van der Waals surface area contributed by atoms with E-state index < -0.39 is 23.9 Å². The van der Waals surface area contributed by atoms with E-state index in [1.807, 2.05) is 6.92 Å². The fraction of sp³-hybridized carbons (Fsp3) is 0.379. The van der Waals surface area contributed by atoms with E-state index in [1.165, 1.54) is 12.1 Å². The van der Waals surface area contributed by atoms with Gasteiger partial charge in [-0.05, 0) is 49.6 Å². The summed E-state index contributed by atoms with van der Waals surface area (Å²) in [4.78, 5) is 52.3. The van der Waals surface area contributed by atoms with Gasteiger partial charge in [-0.2, -0.15) is 0 Å². The highest BCUT2D eigenvalue weighted by Crippen LogP contribution is 2.35. The number of benzene rings is 1. The fourth-order valence-electron chi connectivity index (χ4n) is 5.17. The monoisotopic (exact) mass is 584 g/mol. The number of β-amino-alcohol motifs (C(OH)–C–C–N with tert-alkyl or cyclic N) is 1. The van der Waals surface area contributed by atoms with Crippen LogP contribution in [0.25, 0.3) is 11.6 Å². The van der Waals surface area contributed by atoms with Gasteiger partial charge in [0, 0.05) is 67.5 Å². The van der Waals surface area contributed by atoms with Crippen molar-refractivity contribution in [2.24, 2.45) is 0 Å². The van der Waals surface area contributed by atoms with Gasteiger partial charge >= 0.3 is 11.9 Å². The van der Waals surface area contributed by atoms with Gasteiger partial charge in [0.2, 0.25) is 0 Å².